The Kier molecular flexibility index (Phi) is 3.34. The smallest absolute Gasteiger partial charge is 0.123 e. The number of benzene rings is 1. The van der Waals surface area contributed by atoms with Gasteiger partial charge in [0.05, 0.1) is 0 Å². The van der Waals surface area contributed by atoms with Gasteiger partial charge in [0, 0.05) is 25.2 Å². The second-order valence-electron chi connectivity index (χ2n) is 4.78. The first-order valence-corrected chi connectivity index (χ1v) is 5.92. The molecule has 0 spiro atoms. The van der Waals surface area contributed by atoms with Gasteiger partial charge in [-0.05, 0) is 29.7 Å². The third-order valence-corrected chi connectivity index (χ3v) is 2.78. The van der Waals surface area contributed by atoms with Crippen molar-refractivity contribution >= 4 is 5.69 Å². The molecule has 1 aliphatic rings. The molecule has 0 aromatic heterocycles. The Labute approximate surface area is 97.0 Å². The molecule has 3 nitrogen and oxygen atoms in total. The molecular weight excluding hydrogens is 200 g/mol. The molecule has 1 aromatic carbocycles. The number of hydrogen-bond donors (Lipinski definition) is 2. The van der Waals surface area contributed by atoms with Crippen molar-refractivity contribution in [3.8, 4) is 5.75 Å². The number of nitrogens with one attached hydrogen (secondary N) is 1. The summed E-state index contributed by atoms with van der Waals surface area (Å²) >= 11 is 0. The standard InChI is InChI=1S/C13H20N2O/c1-9(2)8-15-11-3-4-13-10(5-11)6-12(7-14)16-13/h3-5,9,12,15H,6-8,14H2,1-2H3. The molecule has 3 N–H and O–H groups in total. The van der Waals surface area contributed by atoms with Gasteiger partial charge in [0.15, 0.2) is 0 Å². The van der Waals surface area contributed by atoms with Gasteiger partial charge in [-0.2, -0.15) is 0 Å². The molecule has 1 heterocycles. The Morgan fingerprint density at radius 1 is 1.50 bits per heavy atom. The fourth-order valence-electron chi connectivity index (χ4n) is 1.88. The monoisotopic (exact) mass is 220 g/mol. The Hall–Kier alpha value is -1.22. The van der Waals surface area contributed by atoms with Gasteiger partial charge in [-0.3, -0.25) is 0 Å². The number of anilines is 1. The number of rotatable bonds is 4. The van der Waals surface area contributed by atoms with E-state index in [2.05, 4.69) is 31.3 Å². The summed E-state index contributed by atoms with van der Waals surface area (Å²) in [5, 5.41) is 3.42. The van der Waals surface area contributed by atoms with Crippen LogP contribution < -0.4 is 15.8 Å². The van der Waals surface area contributed by atoms with E-state index in [0.717, 1.165) is 18.7 Å². The van der Waals surface area contributed by atoms with E-state index >= 15 is 0 Å². The molecule has 1 aliphatic heterocycles. The molecule has 16 heavy (non-hydrogen) atoms. The average Bonchev–Trinajstić information content (AvgIpc) is 2.68. The number of nitrogens with two attached hydrogens (primary N) is 1. The number of fused-ring (bicyclic) bond motifs is 1. The third-order valence-electron chi connectivity index (χ3n) is 2.78. The van der Waals surface area contributed by atoms with E-state index in [1.807, 2.05) is 6.07 Å². The second-order valence-corrected chi connectivity index (χ2v) is 4.78. The maximum absolute atomic E-state index is 5.68. The lowest BCUT2D eigenvalue weighted by atomic mass is 10.1. The van der Waals surface area contributed by atoms with E-state index in [4.69, 9.17) is 10.5 Å². The topological polar surface area (TPSA) is 47.3 Å². The Balaban J connectivity index is 2.04. The maximum atomic E-state index is 5.68. The summed E-state index contributed by atoms with van der Waals surface area (Å²) in [6.45, 7) is 5.99. The highest BCUT2D eigenvalue weighted by Gasteiger charge is 2.21. The summed E-state index contributed by atoms with van der Waals surface area (Å²) in [4.78, 5) is 0. The molecule has 0 bridgehead atoms. The molecule has 88 valence electrons. The minimum absolute atomic E-state index is 0.162. The van der Waals surface area contributed by atoms with Crippen LogP contribution >= 0.6 is 0 Å². The number of hydrogen-bond acceptors (Lipinski definition) is 3. The normalized spacial score (nSPS) is 18.4. The summed E-state index contributed by atoms with van der Waals surface area (Å²) < 4.78 is 5.68. The van der Waals surface area contributed by atoms with Crippen LogP contribution in [0.3, 0.4) is 0 Å². The van der Waals surface area contributed by atoms with Gasteiger partial charge in [-0.1, -0.05) is 13.8 Å². The number of ether oxygens (including phenoxy) is 1. The van der Waals surface area contributed by atoms with Crippen molar-refractivity contribution in [3.63, 3.8) is 0 Å². The Morgan fingerprint density at radius 2 is 2.31 bits per heavy atom. The molecule has 1 aromatic rings. The van der Waals surface area contributed by atoms with Gasteiger partial charge in [0.25, 0.3) is 0 Å². The summed E-state index contributed by atoms with van der Waals surface area (Å²) in [7, 11) is 0. The Morgan fingerprint density at radius 3 is 3.00 bits per heavy atom. The second kappa shape index (κ2) is 4.74. The summed E-state index contributed by atoms with van der Waals surface area (Å²) in [5.41, 5.74) is 8.05. The molecule has 0 fully saturated rings. The lowest BCUT2D eigenvalue weighted by molar-refractivity contribution is 0.241. The van der Waals surface area contributed by atoms with Crippen molar-refractivity contribution in [3.05, 3.63) is 23.8 Å². The highest BCUT2D eigenvalue weighted by molar-refractivity contribution is 5.52. The zero-order valence-corrected chi connectivity index (χ0v) is 9.99. The van der Waals surface area contributed by atoms with Gasteiger partial charge in [0.2, 0.25) is 0 Å². The molecule has 0 saturated carbocycles. The van der Waals surface area contributed by atoms with Crippen LogP contribution in [0.5, 0.6) is 5.75 Å². The zero-order valence-electron chi connectivity index (χ0n) is 9.99. The highest BCUT2D eigenvalue weighted by Crippen LogP contribution is 2.30. The van der Waals surface area contributed by atoms with Crippen LogP contribution in [0.15, 0.2) is 18.2 Å². The van der Waals surface area contributed by atoms with Gasteiger partial charge in [0.1, 0.15) is 11.9 Å². The average molecular weight is 220 g/mol. The van der Waals surface area contributed by atoms with Crippen molar-refractivity contribution in [1.29, 1.82) is 0 Å². The van der Waals surface area contributed by atoms with Crippen LogP contribution in [-0.4, -0.2) is 19.2 Å². The van der Waals surface area contributed by atoms with Crippen molar-refractivity contribution < 1.29 is 4.74 Å². The summed E-state index contributed by atoms with van der Waals surface area (Å²) in [5.74, 6) is 1.65. The first-order valence-electron chi connectivity index (χ1n) is 5.92. The predicted molar refractivity (Wildman–Crippen MR) is 66.9 cm³/mol. The van der Waals surface area contributed by atoms with Gasteiger partial charge in [-0.25, -0.2) is 0 Å². The fraction of sp³-hybridized carbons (Fsp3) is 0.538. The molecular formula is C13H20N2O. The van der Waals surface area contributed by atoms with Crippen LogP contribution in [-0.2, 0) is 6.42 Å². The molecule has 0 amide bonds. The zero-order chi connectivity index (χ0) is 11.5. The fourth-order valence-corrected chi connectivity index (χ4v) is 1.88. The van der Waals surface area contributed by atoms with Crippen molar-refractivity contribution in [1.82, 2.24) is 0 Å². The molecule has 0 aliphatic carbocycles. The largest absolute Gasteiger partial charge is 0.488 e. The predicted octanol–water partition coefficient (Wildman–Crippen LogP) is 2.02. The van der Waals surface area contributed by atoms with E-state index in [1.165, 1.54) is 11.3 Å². The quantitative estimate of drug-likeness (QED) is 0.816. The lowest BCUT2D eigenvalue weighted by Crippen LogP contribution is -2.24. The van der Waals surface area contributed by atoms with Gasteiger partial charge in [-0.15, -0.1) is 0 Å². The molecule has 3 heteroatoms. The minimum Gasteiger partial charge on any atom is -0.488 e. The van der Waals surface area contributed by atoms with E-state index in [0.29, 0.717) is 12.5 Å². The third kappa shape index (κ3) is 2.47. The molecule has 1 unspecified atom stereocenters. The van der Waals surface area contributed by atoms with Crippen molar-refractivity contribution in [2.75, 3.05) is 18.4 Å². The van der Waals surface area contributed by atoms with Crippen LogP contribution in [0.1, 0.15) is 19.4 Å². The first-order chi connectivity index (χ1) is 7.69. The van der Waals surface area contributed by atoms with Crippen molar-refractivity contribution in [2.45, 2.75) is 26.4 Å². The van der Waals surface area contributed by atoms with Crippen molar-refractivity contribution in [2.24, 2.45) is 11.7 Å². The van der Waals surface area contributed by atoms with E-state index in [9.17, 15) is 0 Å². The van der Waals surface area contributed by atoms with E-state index < -0.39 is 0 Å². The summed E-state index contributed by atoms with van der Waals surface area (Å²) in [6, 6.07) is 6.28. The highest BCUT2D eigenvalue weighted by atomic mass is 16.5. The van der Waals surface area contributed by atoms with Crippen LogP contribution in [0.4, 0.5) is 5.69 Å². The maximum Gasteiger partial charge on any atom is 0.123 e. The lowest BCUT2D eigenvalue weighted by Gasteiger charge is -2.09. The minimum atomic E-state index is 0.162. The van der Waals surface area contributed by atoms with E-state index in [-0.39, 0.29) is 6.10 Å². The van der Waals surface area contributed by atoms with Gasteiger partial charge < -0.3 is 15.8 Å². The molecule has 2 rings (SSSR count). The van der Waals surface area contributed by atoms with Crippen LogP contribution in [0, 0.1) is 5.92 Å². The SMILES string of the molecule is CC(C)CNc1ccc2c(c1)CC(CN)O2. The summed E-state index contributed by atoms with van der Waals surface area (Å²) in [6.07, 6.45) is 1.10. The Bertz CT molecular complexity index is 363. The van der Waals surface area contributed by atoms with Crippen LogP contribution in [0.25, 0.3) is 0 Å². The molecule has 0 radical (unpaired) electrons. The van der Waals surface area contributed by atoms with Gasteiger partial charge >= 0.3 is 0 Å². The van der Waals surface area contributed by atoms with Crippen LogP contribution in [0.2, 0.25) is 0 Å². The first kappa shape index (κ1) is 11.3. The molecule has 0 saturated heterocycles. The van der Waals surface area contributed by atoms with E-state index in [1.54, 1.807) is 0 Å². The molecule has 1 atom stereocenters.